The first-order valence-corrected chi connectivity index (χ1v) is 12.7. The molecule has 184 valence electrons. The quantitative estimate of drug-likeness (QED) is 0.618. The van der Waals surface area contributed by atoms with Crippen molar-refractivity contribution in [3.8, 4) is 0 Å². The van der Waals surface area contributed by atoms with Crippen LogP contribution in [0.1, 0.15) is 50.5 Å². The number of pyridine rings is 2. The van der Waals surface area contributed by atoms with Crippen LogP contribution in [-0.4, -0.2) is 51.8 Å². The number of anilines is 1. The van der Waals surface area contributed by atoms with Gasteiger partial charge in [0.2, 0.25) is 5.91 Å². The van der Waals surface area contributed by atoms with Crippen molar-refractivity contribution < 1.29 is 14.4 Å². The Morgan fingerprint density at radius 3 is 2.20 bits per heavy atom. The van der Waals surface area contributed by atoms with Crippen molar-refractivity contribution in [3.63, 3.8) is 0 Å². The molecule has 0 bridgehead atoms. The summed E-state index contributed by atoms with van der Waals surface area (Å²) in [5.41, 5.74) is 1.59. The summed E-state index contributed by atoms with van der Waals surface area (Å²) >= 11 is 0. The van der Waals surface area contributed by atoms with Gasteiger partial charge in [-0.2, -0.15) is 0 Å². The number of likely N-dealkylation sites (N-methyl/N-ethyl adjacent to an activating group) is 1. The van der Waals surface area contributed by atoms with Crippen LogP contribution < -0.4 is 10.2 Å². The summed E-state index contributed by atoms with van der Waals surface area (Å²) in [4.78, 5) is 51.2. The number of carbonyl (C=O) groups excluding carboxylic acids is 3. The van der Waals surface area contributed by atoms with E-state index in [4.69, 9.17) is 0 Å². The lowest BCUT2D eigenvalue weighted by Gasteiger charge is -2.46. The highest BCUT2D eigenvalue weighted by atomic mass is 16.2. The highest BCUT2D eigenvalue weighted by molar-refractivity contribution is 6.12. The average molecular weight is 476 g/mol. The molecule has 1 N–H and O–H groups in total. The summed E-state index contributed by atoms with van der Waals surface area (Å²) < 4.78 is 0. The van der Waals surface area contributed by atoms with E-state index in [9.17, 15) is 14.4 Å². The van der Waals surface area contributed by atoms with Gasteiger partial charge in [0.05, 0.1) is 5.92 Å². The van der Waals surface area contributed by atoms with Crippen molar-refractivity contribution in [2.75, 3.05) is 11.9 Å². The van der Waals surface area contributed by atoms with Gasteiger partial charge in [0, 0.05) is 43.6 Å². The molecular formula is C27H33N5O3. The SMILES string of the molecule is CN(C(=O)C1[C@@H](Cc2ccncc2)C(=O)N1C(=O)N[C@@H](C1CCCCC1)C1CC1)c1ccncc1. The van der Waals surface area contributed by atoms with E-state index >= 15 is 0 Å². The van der Waals surface area contributed by atoms with Crippen LogP contribution >= 0.6 is 0 Å². The predicted octanol–water partition coefficient (Wildman–Crippen LogP) is 3.58. The molecule has 2 aromatic heterocycles. The largest absolute Gasteiger partial charge is 0.334 e. The van der Waals surface area contributed by atoms with E-state index in [1.807, 2.05) is 12.1 Å². The number of hydrogen-bond acceptors (Lipinski definition) is 5. The van der Waals surface area contributed by atoms with Gasteiger partial charge in [0.25, 0.3) is 5.91 Å². The van der Waals surface area contributed by atoms with Gasteiger partial charge in [0.15, 0.2) is 0 Å². The maximum atomic E-state index is 13.6. The third kappa shape index (κ3) is 4.92. The zero-order chi connectivity index (χ0) is 24.4. The van der Waals surface area contributed by atoms with Gasteiger partial charge in [-0.25, -0.2) is 4.79 Å². The molecule has 35 heavy (non-hydrogen) atoms. The summed E-state index contributed by atoms with van der Waals surface area (Å²) in [6.07, 6.45) is 15.1. The normalized spacial score (nSPS) is 23.3. The first-order chi connectivity index (χ1) is 17.0. The molecule has 0 aromatic carbocycles. The van der Waals surface area contributed by atoms with E-state index in [0.717, 1.165) is 31.2 Å². The Kier molecular flexibility index (Phi) is 6.79. The second-order valence-electron chi connectivity index (χ2n) is 10.1. The number of nitrogens with zero attached hydrogens (tertiary/aromatic N) is 4. The van der Waals surface area contributed by atoms with Crippen molar-refractivity contribution in [1.29, 1.82) is 0 Å². The van der Waals surface area contributed by atoms with Gasteiger partial charge in [-0.05, 0) is 73.8 Å². The molecule has 2 aliphatic carbocycles. The van der Waals surface area contributed by atoms with Gasteiger partial charge in [-0.1, -0.05) is 19.3 Å². The van der Waals surface area contributed by atoms with Crippen LogP contribution in [0.3, 0.4) is 0 Å². The number of carbonyl (C=O) groups is 3. The van der Waals surface area contributed by atoms with Gasteiger partial charge < -0.3 is 10.2 Å². The molecule has 2 aromatic rings. The standard InChI is InChI=1S/C27H33N5O3/c1-31(21-11-15-29-16-12-21)26(34)24-22(17-18-9-13-28-14-10-18)25(33)32(24)27(35)30-23(20-7-8-20)19-5-3-2-4-6-19/h9-16,19-20,22-24H,2-8,17H2,1H3,(H,30,35)/t22-,23+,24?/m1/s1. The molecule has 0 spiro atoms. The molecule has 2 saturated carbocycles. The number of amides is 4. The lowest BCUT2D eigenvalue weighted by Crippen LogP contribution is -2.71. The number of imide groups is 1. The molecule has 5 rings (SSSR count). The first kappa shape index (κ1) is 23.5. The van der Waals surface area contributed by atoms with E-state index in [1.54, 1.807) is 44.0 Å². The minimum Gasteiger partial charge on any atom is -0.334 e. The molecule has 8 heteroatoms. The molecular weight excluding hydrogens is 442 g/mol. The zero-order valence-corrected chi connectivity index (χ0v) is 20.2. The van der Waals surface area contributed by atoms with Gasteiger partial charge >= 0.3 is 6.03 Å². The Labute approximate surface area is 206 Å². The van der Waals surface area contributed by atoms with Crippen LogP contribution in [0.2, 0.25) is 0 Å². The van der Waals surface area contributed by atoms with Crippen molar-refractivity contribution in [3.05, 3.63) is 54.6 Å². The van der Waals surface area contributed by atoms with E-state index in [-0.39, 0.29) is 17.9 Å². The monoisotopic (exact) mass is 475 g/mol. The summed E-state index contributed by atoms with van der Waals surface area (Å²) in [5, 5.41) is 3.20. The minimum absolute atomic E-state index is 0.0866. The van der Waals surface area contributed by atoms with Crippen molar-refractivity contribution >= 4 is 23.5 Å². The Morgan fingerprint density at radius 2 is 1.57 bits per heavy atom. The Bertz CT molecular complexity index is 1050. The maximum Gasteiger partial charge on any atom is 0.325 e. The highest BCUT2D eigenvalue weighted by Gasteiger charge is 2.56. The smallest absolute Gasteiger partial charge is 0.325 e. The number of hydrogen-bond donors (Lipinski definition) is 1. The lowest BCUT2D eigenvalue weighted by molar-refractivity contribution is -0.156. The maximum absolute atomic E-state index is 13.6. The predicted molar refractivity (Wildman–Crippen MR) is 131 cm³/mol. The van der Waals surface area contributed by atoms with Crippen LogP contribution in [0, 0.1) is 17.8 Å². The average Bonchev–Trinajstić information content (AvgIpc) is 3.75. The van der Waals surface area contributed by atoms with Crippen LogP contribution in [0.5, 0.6) is 0 Å². The van der Waals surface area contributed by atoms with Crippen molar-refractivity contribution in [1.82, 2.24) is 20.2 Å². The number of nitrogens with one attached hydrogen (secondary N) is 1. The highest BCUT2D eigenvalue weighted by Crippen LogP contribution is 2.41. The molecule has 3 aliphatic rings. The number of urea groups is 1. The number of rotatable bonds is 7. The molecule has 3 atom stereocenters. The molecule has 1 saturated heterocycles. The molecule has 4 amide bonds. The molecule has 3 heterocycles. The second-order valence-corrected chi connectivity index (χ2v) is 10.1. The van der Waals surface area contributed by atoms with Crippen molar-refractivity contribution in [2.45, 2.75) is 63.5 Å². The number of aromatic nitrogens is 2. The fourth-order valence-electron chi connectivity index (χ4n) is 5.70. The number of likely N-dealkylation sites (tertiary alicyclic amines) is 1. The molecule has 8 nitrogen and oxygen atoms in total. The van der Waals surface area contributed by atoms with Crippen LogP contribution in [-0.2, 0) is 16.0 Å². The van der Waals surface area contributed by atoms with Crippen LogP contribution in [0.25, 0.3) is 0 Å². The molecule has 1 aliphatic heterocycles. The van der Waals surface area contributed by atoms with Crippen LogP contribution in [0.15, 0.2) is 49.1 Å². The first-order valence-electron chi connectivity index (χ1n) is 12.7. The Morgan fingerprint density at radius 1 is 0.971 bits per heavy atom. The summed E-state index contributed by atoms with van der Waals surface area (Å²) in [5.74, 6) is -0.212. The van der Waals surface area contributed by atoms with Crippen molar-refractivity contribution in [2.24, 2.45) is 17.8 Å². The third-order valence-electron chi connectivity index (χ3n) is 7.85. The molecule has 1 unspecified atom stereocenters. The molecule has 3 fully saturated rings. The van der Waals surface area contributed by atoms with Gasteiger partial charge in [0.1, 0.15) is 6.04 Å². The summed E-state index contributed by atoms with van der Waals surface area (Å²) in [6, 6.07) is 5.99. The number of β-lactam (4-membered cyclic amide) rings is 1. The van der Waals surface area contributed by atoms with Crippen LogP contribution in [0.4, 0.5) is 10.5 Å². The lowest BCUT2D eigenvalue weighted by atomic mass is 9.81. The zero-order valence-electron chi connectivity index (χ0n) is 20.2. The van der Waals surface area contributed by atoms with Gasteiger partial charge in [-0.3, -0.25) is 24.5 Å². The third-order valence-corrected chi connectivity index (χ3v) is 7.85. The summed E-state index contributed by atoms with van der Waals surface area (Å²) in [6.45, 7) is 0. The second kappa shape index (κ2) is 10.1. The summed E-state index contributed by atoms with van der Waals surface area (Å²) in [7, 11) is 1.68. The van der Waals surface area contributed by atoms with E-state index in [0.29, 0.717) is 23.9 Å². The molecule has 0 radical (unpaired) electrons. The Hall–Kier alpha value is -3.29. The van der Waals surface area contributed by atoms with Gasteiger partial charge in [-0.15, -0.1) is 0 Å². The fraction of sp³-hybridized carbons (Fsp3) is 0.519. The fourth-order valence-corrected chi connectivity index (χ4v) is 5.70. The van der Waals surface area contributed by atoms with E-state index in [2.05, 4.69) is 15.3 Å². The Balaban J connectivity index is 1.36. The van der Waals surface area contributed by atoms with E-state index < -0.39 is 18.0 Å². The minimum atomic E-state index is -0.847. The topological polar surface area (TPSA) is 95.5 Å². The van der Waals surface area contributed by atoms with E-state index in [1.165, 1.54) is 29.1 Å².